The van der Waals surface area contributed by atoms with Gasteiger partial charge < -0.3 is 9.64 Å². The van der Waals surface area contributed by atoms with Crippen LogP contribution in [-0.2, 0) is 4.74 Å². The average molecular weight is 223 g/mol. The van der Waals surface area contributed by atoms with Crippen LogP contribution in [0.3, 0.4) is 0 Å². The second-order valence-electron chi connectivity index (χ2n) is 3.48. The number of carbonyl (C=O) groups excluding carboxylic acids is 1. The van der Waals surface area contributed by atoms with Gasteiger partial charge in [-0.25, -0.2) is 4.79 Å². The van der Waals surface area contributed by atoms with Crippen molar-refractivity contribution in [2.45, 2.75) is 13.8 Å². The van der Waals surface area contributed by atoms with E-state index in [1.165, 1.54) is 0 Å². The van der Waals surface area contributed by atoms with Crippen molar-refractivity contribution in [1.82, 2.24) is 4.90 Å². The van der Waals surface area contributed by atoms with Gasteiger partial charge in [0, 0.05) is 0 Å². The van der Waals surface area contributed by atoms with E-state index in [9.17, 15) is 4.79 Å². The first-order chi connectivity index (χ1) is 7.61. The first-order valence-corrected chi connectivity index (χ1v) is 5.48. The van der Waals surface area contributed by atoms with Crippen LogP contribution in [-0.4, -0.2) is 38.1 Å². The van der Waals surface area contributed by atoms with Gasteiger partial charge in [-0.15, -0.1) is 0 Å². The zero-order chi connectivity index (χ0) is 12.4. The van der Waals surface area contributed by atoms with Crippen LogP contribution in [0.4, 0.5) is 0 Å². The molecular formula is C13H21NO2. The molecule has 0 bridgehead atoms. The molecule has 0 fully saturated rings. The molecule has 0 aliphatic carbocycles. The third-order valence-electron chi connectivity index (χ3n) is 1.92. The summed E-state index contributed by atoms with van der Waals surface area (Å²) in [5.74, 6) is -0.256. The van der Waals surface area contributed by atoms with E-state index in [1.54, 1.807) is 19.1 Å². The third-order valence-corrected chi connectivity index (χ3v) is 1.92. The predicted octanol–water partition coefficient (Wildman–Crippen LogP) is 2.43. The number of nitrogens with zero attached hydrogens (tertiary/aromatic N) is 1. The summed E-state index contributed by atoms with van der Waals surface area (Å²) >= 11 is 0. The summed E-state index contributed by atoms with van der Waals surface area (Å²) in [6.45, 7) is 5.48. The molecule has 0 heterocycles. The number of hydrogen-bond donors (Lipinski definition) is 0. The maximum atomic E-state index is 11.0. The fourth-order valence-electron chi connectivity index (χ4n) is 0.789. The molecule has 0 aliphatic rings. The quantitative estimate of drug-likeness (QED) is 0.737. The highest BCUT2D eigenvalue weighted by atomic mass is 16.5. The van der Waals surface area contributed by atoms with Gasteiger partial charge in [-0.3, -0.25) is 0 Å². The summed E-state index contributed by atoms with van der Waals surface area (Å²) in [5, 5.41) is 0. The van der Waals surface area contributed by atoms with E-state index in [4.69, 9.17) is 4.74 Å². The van der Waals surface area contributed by atoms with Gasteiger partial charge in [-0.2, -0.15) is 0 Å². The lowest BCUT2D eigenvalue weighted by Gasteiger charge is -2.00. The average Bonchev–Trinajstić information content (AvgIpc) is 2.31. The van der Waals surface area contributed by atoms with E-state index in [2.05, 4.69) is 25.9 Å². The number of benzene rings is 1. The smallest absolute Gasteiger partial charge is 0.338 e. The van der Waals surface area contributed by atoms with Gasteiger partial charge in [0.05, 0.1) is 12.2 Å². The van der Waals surface area contributed by atoms with Crippen molar-refractivity contribution in [3.63, 3.8) is 0 Å². The molecule has 0 aromatic heterocycles. The Morgan fingerprint density at radius 2 is 1.69 bits per heavy atom. The molecule has 0 spiro atoms. The van der Waals surface area contributed by atoms with Gasteiger partial charge >= 0.3 is 5.97 Å². The number of hydrogen-bond acceptors (Lipinski definition) is 3. The van der Waals surface area contributed by atoms with Crippen LogP contribution in [0.1, 0.15) is 24.2 Å². The number of ether oxygens (including phenoxy) is 1. The SMILES string of the molecule is CCN(C)C.CCOC(=O)c1ccccc1. The van der Waals surface area contributed by atoms with E-state index >= 15 is 0 Å². The Kier molecular flexibility index (Phi) is 8.17. The second-order valence-corrected chi connectivity index (χ2v) is 3.48. The molecule has 1 aromatic rings. The Labute approximate surface area is 98.0 Å². The monoisotopic (exact) mass is 223 g/mol. The van der Waals surface area contributed by atoms with Crippen molar-refractivity contribution in [1.29, 1.82) is 0 Å². The van der Waals surface area contributed by atoms with Crippen molar-refractivity contribution in [3.05, 3.63) is 35.9 Å². The fourth-order valence-corrected chi connectivity index (χ4v) is 0.789. The molecule has 3 heteroatoms. The minimum atomic E-state index is -0.256. The minimum absolute atomic E-state index is 0.256. The third kappa shape index (κ3) is 7.01. The topological polar surface area (TPSA) is 29.5 Å². The largest absolute Gasteiger partial charge is 0.462 e. The van der Waals surface area contributed by atoms with E-state index in [-0.39, 0.29) is 5.97 Å². The van der Waals surface area contributed by atoms with Crippen LogP contribution >= 0.6 is 0 Å². The highest BCUT2D eigenvalue weighted by Gasteiger charge is 2.02. The van der Waals surface area contributed by atoms with Crippen molar-refractivity contribution in [2.75, 3.05) is 27.2 Å². The molecule has 1 rings (SSSR count). The Balaban J connectivity index is 0.000000385. The number of esters is 1. The van der Waals surface area contributed by atoms with Crippen molar-refractivity contribution in [2.24, 2.45) is 0 Å². The molecule has 0 saturated carbocycles. The highest BCUT2D eigenvalue weighted by molar-refractivity contribution is 5.89. The Hall–Kier alpha value is -1.35. The molecule has 0 saturated heterocycles. The lowest BCUT2D eigenvalue weighted by molar-refractivity contribution is 0.0526. The van der Waals surface area contributed by atoms with Crippen molar-refractivity contribution >= 4 is 5.97 Å². The standard InChI is InChI=1S/C9H10O2.C4H11N/c1-2-11-9(10)8-6-4-3-5-7-8;1-4-5(2)3/h3-7H,2H2,1H3;4H2,1-3H3. The summed E-state index contributed by atoms with van der Waals surface area (Å²) in [4.78, 5) is 13.1. The molecule has 16 heavy (non-hydrogen) atoms. The molecule has 3 nitrogen and oxygen atoms in total. The highest BCUT2D eigenvalue weighted by Crippen LogP contribution is 1.99. The summed E-state index contributed by atoms with van der Waals surface area (Å²) in [5.41, 5.74) is 0.606. The first-order valence-electron chi connectivity index (χ1n) is 5.48. The second kappa shape index (κ2) is 8.92. The molecule has 0 radical (unpaired) electrons. The lowest BCUT2D eigenvalue weighted by atomic mass is 10.2. The molecular weight excluding hydrogens is 202 g/mol. The van der Waals surface area contributed by atoms with Crippen LogP contribution in [0.15, 0.2) is 30.3 Å². The van der Waals surface area contributed by atoms with E-state index < -0.39 is 0 Å². The molecule has 0 N–H and O–H groups in total. The summed E-state index contributed by atoms with van der Waals surface area (Å²) in [6, 6.07) is 8.96. The van der Waals surface area contributed by atoms with Gasteiger partial charge in [0.15, 0.2) is 0 Å². The van der Waals surface area contributed by atoms with Crippen LogP contribution in [0.25, 0.3) is 0 Å². The van der Waals surface area contributed by atoms with Gasteiger partial charge in [-0.05, 0) is 39.7 Å². The van der Waals surface area contributed by atoms with Crippen LogP contribution in [0.2, 0.25) is 0 Å². The van der Waals surface area contributed by atoms with Crippen LogP contribution < -0.4 is 0 Å². The molecule has 0 atom stereocenters. The zero-order valence-corrected chi connectivity index (χ0v) is 10.6. The fraction of sp³-hybridized carbons (Fsp3) is 0.462. The molecule has 0 aliphatic heterocycles. The Morgan fingerprint density at radius 1 is 1.19 bits per heavy atom. The maximum Gasteiger partial charge on any atom is 0.338 e. The van der Waals surface area contributed by atoms with Gasteiger partial charge in [0.1, 0.15) is 0 Å². The van der Waals surface area contributed by atoms with E-state index in [0.29, 0.717) is 12.2 Å². The van der Waals surface area contributed by atoms with Crippen molar-refractivity contribution in [3.8, 4) is 0 Å². The maximum absolute atomic E-state index is 11.0. The molecule has 0 unspecified atom stereocenters. The van der Waals surface area contributed by atoms with E-state index in [1.807, 2.05) is 18.2 Å². The molecule has 90 valence electrons. The van der Waals surface area contributed by atoms with Crippen LogP contribution in [0, 0.1) is 0 Å². The van der Waals surface area contributed by atoms with Crippen molar-refractivity contribution < 1.29 is 9.53 Å². The number of rotatable bonds is 3. The first kappa shape index (κ1) is 14.6. The minimum Gasteiger partial charge on any atom is -0.462 e. The van der Waals surface area contributed by atoms with Gasteiger partial charge in [0.2, 0.25) is 0 Å². The predicted molar refractivity (Wildman–Crippen MR) is 66.6 cm³/mol. The summed E-state index contributed by atoms with van der Waals surface area (Å²) < 4.78 is 4.79. The van der Waals surface area contributed by atoms with Gasteiger partial charge in [0.25, 0.3) is 0 Å². The Morgan fingerprint density at radius 3 is 2.06 bits per heavy atom. The Bertz CT molecular complexity index is 283. The normalized spacial score (nSPS) is 9.31. The zero-order valence-electron chi connectivity index (χ0n) is 10.6. The lowest BCUT2D eigenvalue weighted by Crippen LogP contribution is -2.08. The summed E-state index contributed by atoms with van der Waals surface area (Å²) in [7, 11) is 4.11. The molecule has 1 aromatic carbocycles. The van der Waals surface area contributed by atoms with Gasteiger partial charge in [-0.1, -0.05) is 25.1 Å². The van der Waals surface area contributed by atoms with Crippen LogP contribution in [0.5, 0.6) is 0 Å². The molecule has 0 amide bonds. The number of carbonyl (C=O) groups is 1. The van der Waals surface area contributed by atoms with E-state index in [0.717, 1.165) is 6.54 Å². The summed E-state index contributed by atoms with van der Waals surface area (Å²) in [6.07, 6.45) is 0.